The number of carbonyl (C=O) groups is 1. The molecule has 2 aromatic heterocycles. The molecule has 0 saturated heterocycles. The molecular weight excluding hydrogens is 338 g/mol. The van der Waals surface area contributed by atoms with Gasteiger partial charge in [0.1, 0.15) is 5.92 Å². The van der Waals surface area contributed by atoms with Crippen molar-refractivity contribution in [3.8, 4) is 11.3 Å². The van der Waals surface area contributed by atoms with E-state index in [4.69, 9.17) is 9.84 Å². The zero-order valence-electron chi connectivity index (χ0n) is 14.9. The molecule has 0 fully saturated rings. The van der Waals surface area contributed by atoms with Crippen LogP contribution in [0.15, 0.2) is 79.0 Å². The van der Waals surface area contributed by atoms with Gasteiger partial charge >= 0.3 is 5.97 Å². The third-order valence-electron chi connectivity index (χ3n) is 4.41. The molecule has 0 spiro atoms. The number of fused-ring (bicyclic) bond motifs is 1. The first kappa shape index (κ1) is 17.0. The Morgan fingerprint density at radius 1 is 1.00 bits per heavy atom. The van der Waals surface area contributed by atoms with Gasteiger partial charge in [-0.2, -0.15) is 5.10 Å². The Morgan fingerprint density at radius 3 is 2.41 bits per heavy atom. The fraction of sp³-hybridized carbons (Fsp3) is 0.136. The van der Waals surface area contributed by atoms with E-state index < -0.39 is 5.92 Å². The Hall–Kier alpha value is -3.47. The Kier molecular flexibility index (Phi) is 4.66. The smallest absolute Gasteiger partial charge is 0.319 e. The van der Waals surface area contributed by atoms with E-state index in [0.717, 1.165) is 16.8 Å². The summed E-state index contributed by atoms with van der Waals surface area (Å²) in [4.78, 5) is 17.2. The van der Waals surface area contributed by atoms with Crippen molar-refractivity contribution in [3.05, 3.63) is 90.3 Å². The molecule has 0 aliphatic heterocycles. The molecule has 0 aliphatic rings. The van der Waals surface area contributed by atoms with Crippen molar-refractivity contribution < 1.29 is 9.53 Å². The summed E-state index contributed by atoms with van der Waals surface area (Å²) < 4.78 is 7.07. The van der Waals surface area contributed by atoms with Crippen molar-refractivity contribution in [2.75, 3.05) is 6.61 Å². The summed E-state index contributed by atoms with van der Waals surface area (Å²) in [6, 6.07) is 23.3. The van der Waals surface area contributed by atoms with Gasteiger partial charge in [-0.15, -0.1) is 0 Å². The quantitative estimate of drug-likeness (QED) is 0.505. The third kappa shape index (κ3) is 3.31. The second kappa shape index (κ2) is 7.41. The highest BCUT2D eigenvalue weighted by Crippen LogP contribution is 2.27. The molecule has 0 aliphatic carbocycles. The summed E-state index contributed by atoms with van der Waals surface area (Å²) in [5.41, 5.74) is 4.05. The average molecular weight is 357 g/mol. The summed E-state index contributed by atoms with van der Waals surface area (Å²) in [5.74, 6) is -0.892. The molecule has 0 N–H and O–H groups in total. The highest BCUT2D eigenvalue weighted by Gasteiger charge is 2.28. The summed E-state index contributed by atoms with van der Waals surface area (Å²) in [5, 5.41) is 4.74. The van der Waals surface area contributed by atoms with Crippen molar-refractivity contribution in [1.82, 2.24) is 14.6 Å². The summed E-state index contributed by atoms with van der Waals surface area (Å²) >= 11 is 0. The minimum Gasteiger partial charge on any atom is -0.465 e. The number of esters is 1. The van der Waals surface area contributed by atoms with E-state index in [0.29, 0.717) is 17.9 Å². The predicted molar refractivity (Wildman–Crippen MR) is 103 cm³/mol. The molecule has 5 heteroatoms. The highest BCUT2D eigenvalue weighted by atomic mass is 16.5. The van der Waals surface area contributed by atoms with Crippen LogP contribution < -0.4 is 0 Å². The van der Waals surface area contributed by atoms with Crippen LogP contribution in [0.25, 0.3) is 16.9 Å². The van der Waals surface area contributed by atoms with Gasteiger partial charge in [0.15, 0.2) is 5.65 Å². The molecule has 0 saturated carbocycles. The molecule has 134 valence electrons. The lowest BCUT2D eigenvalue weighted by Gasteiger charge is -2.15. The number of carbonyl (C=O) groups excluding carboxylic acids is 1. The second-order valence-electron chi connectivity index (χ2n) is 6.13. The third-order valence-corrected chi connectivity index (χ3v) is 4.41. The van der Waals surface area contributed by atoms with Gasteiger partial charge in [0.05, 0.1) is 24.2 Å². The van der Waals surface area contributed by atoms with Crippen molar-refractivity contribution in [2.24, 2.45) is 0 Å². The SMILES string of the molecule is CCOC(=O)C(c1ccccc1)c1cnc2ccc(-c3ccccc3)nn12. The van der Waals surface area contributed by atoms with E-state index in [2.05, 4.69) is 4.98 Å². The monoisotopic (exact) mass is 357 g/mol. The second-order valence-corrected chi connectivity index (χ2v) is 6.13. The van der Waals surface area contributed by atoms with E-state index in [-0.39, 0.29) is 5.97 Å². The van der Waals surface area contributed by atoms with Crippen LogP contribution in [0.3, 0.4) is 0 Å². The standard InChI is InChI=1S/C22H19N3O2/c1-2-27-22(26)21(17-11-7-4-8-12-17)19-15-23-20-14-13-18(24-25(19)20)16-9-5-3-6-10-16/h3-15,21H,2H2,1H3. The van der Waals surface area contributed by atoms with Gasteiger partial charge in [0, 0.05) is 5.56 Å². The van der Waals surface area contributed by atoms with Crippen LogP contribution in [-0.4, -0.2) is 27.2 Å². The minimum absolute atomic E-state index is 0.308. The van der Waals surface area contributed by atoms with Gasteiger partial charge in [-0.25, -0.2) is 9.50 Å². The van der Waals surface area contributed by atoms with Gasteiger partial charge in [0.25, 0.3) is 0 Å². The van der Waals surface area contributed by atoms with Crippen molar-refractivity contribution in [3.63, 3.8) is 0 Å². The fourth-order valence-corrected chi connectivity index (χ4v) is 3.15. The maximum atomic E-state index is 12.7. The maximum absolute atomic E-state index is 12.7. The number of hydrogen-bond donors (Lipinski definition) is 0. The Morgan fingerprint density at radius 2 is 1.70 bits per heavy atom. The van der Waals surface area contributed by atoms with Gasteiger partial charge in [-0.05, 0) is 24.6 Å². The van der Waals surface area contributed by atoms with Crippen LogP contribution in [0, 0.1) is 0 Å². The lowest BCUT2D eigenvalue weighted by atomic mass is 9.96. The molecule has 5 nitrogen and oxygen atoms in total. The molecule has 0 bridgehead atoms. The number of ether oxygens (including phenoxy) is 1. The zero-order valence-corrected chi connectivity index (χ0v) is 14.9. The molecule has 27 heavy (non-hydrogen) atoms. The topological polar surface area (TPSA) is 56.5 Å². The molecule has 2 heterocycles. The average Bonchev–Trinajstić information content (AvgIpc) is 3.13. The number of imidazole rings is 1. The first-order chi connectivity index (χ1) is 13.3. The summed E-state index contributed by atoms with van der Waals surface area (Å²) in [6.07, 6.45) is 1.70. The Balaban J connectivity index is 1.86. The lowest BCUT2D eigenvalue weighted by Crippen LogP contribution is -2.19. The molecule has 0 radical (unpaired) electrons. The van der Waals surface area contributed by atoms with Crippen LogP contribution >= 0.6 is 0 Å². The molecule has 4 aromatic rings. The van der Waals surface area contributed by atoms with Crippen LogP contribution in [0.5, 0.6) is 0 Å². The molecule has 1 unspecified atom stereocenters. The number of hydrogen-bond acceptors (Lipinski definition) is 4. The summed E-state index contributed by atoms with van der Waals surface area (Å²) in [7, 11) is 0. The molecule has 1 atom stereocenters. The number of aromatic nitrogens is 3. The summed E-state index contributed by atoms with van der Waals surface area (Å²) in [6.45, 7) is 2.13. The van der Waals surface area contributed by atoms with Crippen LogP contribution in [-0.2, 0) is 9.53 Å². The molecule has 2 aromatic carbocycles. The van der Waals surface area contributed by atoms with E-state index in [1.165, 1.54) is 0 Å². The highest BCUT2D eigenvalue weighted by molar-refractivity contribution is 5.82. The van der Waals surface area contributed by atoms with Gasteiger partial charge in [0.2, 0.25) is 0 Å². The van der Waals surface area contributed by atoms with Gasteiger partial charge in [-0.1, -0.05) is 60.7 Å². The van der Waals surface area contributed by atoms with Crippen molar-refractivity contribution in [1.29, 1.82) is 0 Å². The molecule has 4 rings (SSSR count). The van der Waals surface area contributed by atoms with Crippen molar-refractivity contribution >= 4 is 11.6 Å². The van der Waals surface area contributed by atoms with E-state index in [1.54, 1.807) is 17.6 Å². The zero-order chi connectivity index (χ0) is 18.6. The first-order valence-electron chi connectivity index (χ1n) is 8.89. The first-order valence-corrected chi connectivity index (χ1v) is 8.89. The van der Waals surface area contributed by atoms with Crippen LogP contribution in [0.1, 0.15) is 24.1 Å². The lowest BCUT2D eigenvalue weighted by molar-refractivity contribution is -0.144. The van der Waals surface area contributed by atoms with Gasteiger partial charge in [-0.3, -0.25) is 4.79 Å². The van der Waals surface area contributed by atoms with Crippen molar-refractivity contribution in [2.45, 2.75) is 12.8 Å². The molecule has 0 amide bonds. The van der Waals surface area contributed by atoms with E-state index in [9.17, 15) is 4.79 Å². The van der Waals surface area contributed by atoms with Crippen LogP contribution in [0.4, 0.5) is 0 Å². The minimum atomic E-state index is -0.584. The number of rotatable bonds is 5. The van der Waals surface area contributed by atoms with Crippen LogP contribution in [0.2, 0.25) is 0 Å². The maximum Gasteiger partial charge on any atom is 0.319 e. The van der Waals surface area contributed by atoms with E-state index >= 15 is 0 Å². The van der Waals surface area contributed by atoms with Gasteiger partial charge < -0.3 is 4.74 Å². The Bertz CT molecular complexity index is 1060. The normalized spacial score (nSPS) is 12.0. The largest absolute Gasteiger partial charge is 0.465 e. The molecular formula is C22H19N3O2. The number of benzene rings is 2. The fourth-order valence-electron chi connectivity index (χ4n) is 3.15. The number of nitrogens with zero attached hydrogens (tertiary/aromatic N) is 3. The van der Waals surface area contributed by atoms with E-state index in [1.807, 2.05) is 72.8 Å². The Labute approximate surface area is 157 Å². The predicted octanol–water partition coefficient (Wildman–Crippen LogP) is 4.09.